The lowest BCUT2D eigenvalue weighted by molar-refractivity contribution is -0.117. The molecule has 1 aliphatic rings. The number of carbonyl (C=O) groups is 1. The first-order chi connectivity index (χ1) is 7.08. The number of phenolic OH excluding ortho intramolecular Hbond substituents is 1. The number of hydrogen-bond acceptors (Lipinski definition) is 3. The van der Waals surface area contributed by atoms with Gasteiger partial charge in [0, 0.05) is 6.07 Å². The zero-order valence-corrected chi connectivity index (χ0v) is 7.85. The largest absolute Gasteiger partial charge is 0.508 e. The quantitative estimate of drug-likeness (QED) is 0.716. The van der Waals surface area contributed by atoms with E-state index >= 15 is 0 Å². The van der Waals surface area contributed by atoms with Gasteiger partial charge in [-0.1, -0.05) is 0 Å². The minimum Gasteiger partial charge on any atom is -0.508 e. The van der Waals surface area contributed by atoms with E-state index in [1.54, 1.807) is 0 Å². The van der Waals surface area contributed by atoms with Crippen LogP contribution in [0.15, 0.2) is 18.2 Å². The highest BCUT2D eigenvalue weighted by atomic mass is 19.1. The van der Waals surface area contributed by atoms with Gasteiger partial charge < -0.3 is 15.1 Å². The van der Waals surface area contributed by atoms with Crippen molar-refractivity contribution in [3.63, 3.8) is 0 Å². The normalized spacial score (nSPS) is 21.1. The Morgan fingerprint density at radius 1 is 1.47 bits per heavy atom. The number of aromatic hydroxyl groups is 1. The van der Waals surface area contributed by atoms with E-state index in [-0.39, 0.29) is 30.3 Å². The van der Waals surface area contributed by atoms with Crippen molar-refractivity contribution in [2.75, 3.05) is 11.4 Å². The fraction of sp³-hybridized carbons (Fsp3) is 0.300. The van der Waals surface area contributed by atoms with E-state index in [0.29, 0.717) is 0 Å². The lowest BCUT2D eigenvalue weighted by Gasteiger charge is -2.16. The molecule has 1 saturated heterocycles. The molecule has 2 N–H and O–H groups in total. The highest BCUT2D eigenvalue weighted by Crippen LogP contribution is 2.27. The van der Waals surface area contributed by atoms with Crippen molar-refractivity contribution < 1.29 is 19.4 Å². The Hall–Kier alpha value is -1.62. The Morgan fingerprint density at radius 3 is 2.80 bits per heavy atom. The van der Waals surface area contributed by atoms with E-state index in [9.17, 15) is 19.4 Å². The summed E-state index contributed by atoms with van der Waals surface area (Å²) in [5.74, 6) is -1.04. The SMILES string of the molecule is O=C1CC(O)CN1c1cc(O)ccc1F. The summed E-state index contributed by atoms with van der Waals surface area (Å²) in [6.45, 7) is 0.0687. The van der Waals surface area contributed by atoms with E-state index < -0.39 is 11.9 Å². The number of benzene rings is 1. The summed E-state index contributed by atoms with van der Waals surface area (Å²) in [5, 5.41) is 18.4. The summed E-state index contributed by atoms with van der Waals surface area (Å²) in [7, 11) is 0. The number of nitrogens with zero attached hydrogens (tertiary/aromatic N) is 1. The molecule has 0 saturated carbocycles. The fourth-order valence-electron chi connectivity index (χ4n) is 1.63. The molecule has 0 bridgehead atoms. The molecule has 1 aromatic carbocycles. The van der Waals surface area contributed by atoms with Gasteiger partial charge in [0.25, 0.3) is 0 Å². The molecular weight excluding hydrogens is 201 g/mol. The van der Waals surface area contributed by atoms with Crippen LogP contribution in [0.4, 0.5) is 10.1 Å². The van der Waals surface area contributed by atoms with Crippen LogP contribution in [0, 0.1) is 5.82 Å². The van der Waals surface area contributed by atoms with Crippen LogP contribution < -0.4 is 4.90 Å². The number of rotatable bonds is 1. The topological polar surface area (TPSA) is 60.8 Å². The third kappa shape index (κ3) is 1.78. The van der Waals surface area contributed by atoms with Gasteiger partial charge in [0.2, 0.25) is 5.91 Å². The van der Waals surface area contributed by atoms with Crippen molar-refractivity contribution in [3.8, 4) is 5.75 Å². The standard InChI is InChI=1S/C10H10FNO3/c11-8-2-1-6(13)3-9(8)12-5-7(14)4-10(12)15/h1-3,7,13-14H,4-5H2. The van der Waals surface area contributed by atoms with Gasteiger partial charge >= 0.3 is 0 Å². The van der Waals surface area contributed by atoms with Gasteiger partial charge in [0.05, 0.1) is 24.8 Å². The summed E-state index contributed by atoms with van der Waals surface area (Å²) in [5.41, 5.74) is 0.0107. The van der Waals surface area contributed by atoms with Gasteiger partial charge in [-0.25, -0.2) is 4.39 Å². The van der Waals surface area contributed by atoms with Crippen LogP contribution in [0.2, 0.25) is 0 Å². The number of halogens is 1. The van der Waals surface area contributed by atoms with Gasteiger partial charge in [-0.15, -0.1) is 0 Å². The van der Waals surface area contributed by atoms with Crippen LogP contribution >= 0.6 is 0 Å². The monoisotopic (exact) mass is 211 g/mol. The van der Waals surface area contributed by atoms with Gasteiger partial charge in [-0.05, 0) is 12.1 Å². The maximum absolute atomic E-state index is 13.3. The Morgan fingerprint density at radius 2 is 2.20 bits per heavy atom. The number of aliphatic hydroxyl groups is 1. The second kappa shape index (κ2) is 3.51. The second-order valence-corrected chi connectivity index (χ2v) is 3.50. The number of β-amino-alcohol motifs (C(OH)–C–C–N with tert-alkyl or cyclic N) is 1. The molecular formula is C10H10FNO3. The zero-order valence-electron chi connectivity index (χ0n) is 7.85. The molecule has 1 heterocycles. The van der Waals surface area contributed by atoms with E-state index in [4.69, 9.17) is 0 Å². The zero-order chi connectivity index (χ0) is 11.0. The molecule has 4 nitrogen and oxygen atoms in total. The second-order valence-electron chi connectivity index (χ2n) is 3.50. The third-order valence-electron chi connectivity index (χ3n) is 2.33. The molecule has 2 rings (SSSR count). The van der Waals surface area contributed by atoms with Crippen molar-refractivity contribution in [3.05, 3.63) is 24.0 Å². The van der Waals surface area contributed by atoms with Crippen LogP contribution in [0.25, 0.3) is 0 Å². The minimum atomic E-state index is -0.765. The highest BCUT2D eigenvalue weighted by molar-refractivity contribution is 5.96. The highest BCUT2D eigenvalue weighted by Gasteiger charge is 2.30. The molecule has 1 amide bonds. The average Bonchev–Trinajstić information content (AvgIpc) is 2.50. The molecule has 15 heavy (non-hydrogen) atoms. The smallest absolute Gasteiger partial charge is 0.229 e. The van der Waals surface area contributed by atoms with Gasteiger partial charge in [0.15, 0.2) is 0 Å². The third-order valence-corrected chi connectivity index (χ3v) is 2.33. The summed E-state index contributed by atoms with van der Waals surface area (Å²) in [6.07, 6.45) is -0.769. The summed E-state index contributed by atoms with van der Waals surface area (Å²) < 4.78 is 13.3. The summed E-state index contributed by atoms with van der Waals surface area (Å²) >= 11 is 0. The van der Waals surface area contributed by atoms with Gasteiger partial charge in [-0.3, -0.25) is 4.79 Å². The Labute approximate surface area is 85.6 Å². The van der Waals surface area contributed by atoms with Crippen LogP contribution in [0.1, 0.15) is 6.42 Å². The average molecular weight is 211 g/mol. The molecule has 0 aliphatic carbocycles. The molecule has 5 heteroatoms. The number of phenols is 1. The number of hydrogen-bond donors (Lipinski definition) is 2. The van der Waals surface area contributed by atoms with E-state index in [0.717, 1.165) is 11.0 Å². The summed E-state index contributed by atoms with van der Waals surface area (Å²) in [6, 6.07) is 3.46. The lowest BCUT2D eigenvalue weighted by atomic mass is 10.2. The van der Waals surface area contributed by atoms with Crippen molar-refractivity contribution in [1.29, 1.82) is 0 Å². The van der Waals surface area contributed by atoms with Crippen molar-refractivity contribution in [1.82, 2.24) is 0 Å². The molecule has 0 spiro atoms. The first kappa shape index (κ1) is 9.92. The van der Waals surface area contributed by atoms with E-state index in [1.807, 2.05) is 0 Å². The first-order valence-electron chi connectivity index (χ1n) is 4.55. The number of anilines is 1. The van der Waals surface area contributed by atoms with Crippen molar-refractivity contribution >= 4 is 11.6 Å². The molecule has 0 aromatic heterocycles. The molecule has 1 atom stereocenters. The molecule has 1 aromatic rings. The van der Waals surface area contributed by atoms with Crippen LogP contribution in [-0.4, -0.2) is 28.8 Å². The molecule has 1 aliphatic heterocycles. The van der Waals surface area contributed by atoms with Crippen LogP contribution in [-0.2, 0) is 4.79 Å². The van der Waals surface area contributed by atoms with Crippen molar-refractivity contribution in [2.45, 2.75) is 12.5 Å². The maximum atomic E-state index is 13.3. The van der Waals surface area contributed by atoms with E-state index in [1.165, 1.54) is 12.1 Å². The predicted molar refractivity (Wildman–Crippen MR) is 51.0 cm³/mol. The van der Waals surface area contributed by atoms with E-state index in [2.05, 4.69) is 0 Å². The Bertz CT molecular complexity index is 408. The number of carbonyl (C=O) groups excluding carboxylic acids is 1. The fourth-order valence-corrected chi connectivity index (χ4v) is 1.63. The van der Waals surface area contributed by atoms with Crippen molar-refractivity contribution in [2.24, 2.45) is 0 Å². The number of aliphatic hydroxyl groups excluding tert-OH is 1. The maximum Gasteiger partial charge on any atom is 0.229 e. The summed E-state index contributed by atoms with van der Waals surface area (Å²) in [4.78, 5) is 12.5. The number of amides is 1. The Kier molecular flexibility index (Phi) is 2.32. The first-order valence-corrected chi connectivity index (χ1v) is 4.55. The van der Waals surface area contributed by atoms with Crippen LogP contribution in [0.3, 0.4) is 0 Å². The van der Waals surface area contributed by atoms with Gasteiger partial charge in [0.1, 0.15) is 11.6 Å². The molecule has 1 unspecified atom stereocenters. The van der Waals surface area contributed by atoms with Gasteiger partial charge in [-0.2, -0.15) is 0 Å². The lowest BCUT2D eigenvalue weighted by Crippen LogP contribution is -2.26. The molecule has 0 radical (unpaired) electrons. The van der Waals surface area contributed by atoms with Crippen LogP contribution in [0.5, 0.6) is 5.75 Å². The molecule has 80 valence electrons. The minimum absolute atomic E-state index is 0.00486. The molecule has 1 fully saturated rings. The predicted octanol–water partition coefficient (Wildman–Crippen LogP) is 0.629. The Balaban J connectivity index is 2.37.